The van der Waals surface area contributed by atoms with Crippen LogP contribution in [-0.2, 0) is 10.0 Å². The minimum atomic E-state index is -4.00. The highest BCUT2D eigenvalue weighted by molar-refractivity contribution is 7.89. The first-order valence-electron chi connectivity index (χ1n) is 7.99. The number of nitriles is 1. The average molecular weight is 409 g/mol. The van der Waals surface area contributed by atoms with Crippen LogP contribution >= 0.6 is 0 Å². The van der Waals surface area contributed by atoms with E-state index in [0.29, 0.717) is 11.9 Å². The third-order valence-corrected chi connectivity index (χ3v) is 6.15. The summed E-state index contributed by atoms with van der Waals surface area (Å²) in [5, 5.41) is 19.9. The SMILES string of the molecule is N#Cc1nc(N2CCN(S(=O)(=O)c3ccc(F)c(F)c3)CC2)ccc1[N+](=O)[O-]. The number of pyridine rings is 1. The van der Waals surface area contributed by atoms with Crippen molar-refractivity contribution in [1.29, 1.82) is 5.26 Å². The van der Waals surface area contributed by atoms with Crippen molar-refractivity contribution in [2.45, 2.75) is 4.90 Å². The lowest BCUT2D eigenvalue weighted by molar-refractivity contribution is -0.385. The molecule has 2 aromatic rings. The number of nitrogens with zero attached hydrogens (tertiary/aromatic N) is 5. The fourth-order valence-corrected chi connectivity index (χ4v) is 4.23. The molecule has 0 amide bonds. The molecule has 3 rings (SSSR count). The zero-order chi connectivity index (χ0) is 20.5. The molecule has 0 unspecified atom stereocenters. The number of nitro groups is 1. The Bertz CT molecular complexity index is 1080. The molecule has 1 saturated heterocycles. The molecule has 28 heavy (non-hydrogen) atoms. The van der Waals surface area contributed by atoms with Crippen molar-refractivity contribution in [2.24, 2.45) is 0 Å². The minimum absolute atomic E-state index is 0.0435. The van der Waals surface area contributed by atoms with Gasteiger partial charge in [-0.2, -0.15) is 9.57 Å². The molecule has 1 aromatic heterocycles. The van der Waals surface area contributed by atoms with E-state index < -0.39 is 32.3 Å². The van der Waals surface area contributed by atoms with Crippen LogP contribution in [0.1, 0.15) is 5.69 Å². The number of hydrogen-bond donors (Lipinski definition) is 0. The Morgan fingerprint density at radius 2 is 1.79 bits per heavy atom. The number of benzene rings is 1. The first-order valence-corrected chi connectivity index (χ1v) is 9.43. The molecule has 1 fully saturated rings. The van der Waals surface area contributed by atoms with E-state index in [1.54, 1.807) is 11.0 Å². The number of sulfonamides is 1. The number of hydrogen-bond acceptors (Lipinski definition) is 7. The van der Waals surface area contributed by atoms with Gasteiger partial charge < -0.3 is 4.90 Å². The second-order valence-corrected chi connectivity index (χ2v) is 7.81. The van der Waals surface area contributed by atoms with Gasteiger partial charge in [0.2, 0.25) is 15.7 Å². The molecule has 12 heteroatoms. The van der Waals surface area contributed by atoms with Crippen LogP contribution in [-0.4, -0.2) is 48.8 Å². The Morgan fingerprint density at radius 1 is 1.11 bits per heavy atom. The molecule has 1 aromatic carbocycles. The van der Waals surface area contributed by atoms with Crippen molar-refractivity contribution in [3.8, 4) is 6.07 Å². The van der Waals surface area contributed by atoms with Crippen LogP contribution in [0.5, 0.6) is 0 Å². The molecule has 2 heterocycles. The molecule has 0 atom stereocenters. The van der Waals surface area contributed by atoms with Crippen molar-refractivity contribution >= 4 is 21.5 Å². The highest BCUT2D eigenvalue weighted by Crippen LogP contribution is 2.24. The second-order valence-electron chi connectivity index (χ2n) is 5.87. The third-order valence-electron chi connectivity index (χ3n) is 4.25. The summed E-state index contributed by atoms with van der Waals surface area (Å²) in [6, 6.07) is 6.61. The van der Waals surface area contributed by atoms with Crippen LogP contribution in [0.4, 0.5) is 20.3 Å². The van der Waals surface area contributed by atoms with Crippen LogP contribution in [0, 0.1) is 33.1 Å². The Kier molecular flexibility index (Phi) is 5.21. The maximum Gasteiger partial charge on any atom is 0.305 e. The summed E-state index contributed by atoms with van der Waals surface area (Å²) in [7, 11) is -4.00. The molecule has 0 N–H and O–H groups in total. The first-order chi connectivity index (χ1) is 13.2. The Balaban J connectivity index is 1.76. The van der Waals surface area contributed by atoms with Gasteiger partial charge in [-0.1, -0.05) is 0 Å². The molecule has 0 spiro atoms. The molecule has 1 aliphatic rings. The number of piperazine rings is 1. The van der Waals surface area contributed by atoms with Crippen LogP contribution in [0.15, 0.2) is 35.2 Å². The number of rotatable bonds is 4. The molecule has 146 valence electrons. The number of aromatic nitrogens is 1. The molecule has 0 bridgehead atoms. The monoisotopic (exact) mass is 409 g/mol. The maximum atomic E-state index is 13.4. The van der Waals surface area contributed by atoms with Crippen LogP contribution in [0.3, 0.4) is 0 Å². The number of halogens is 2. The smallest absolute Gasteiger partial charge is 0.305 e. The van der Waals surface area contributed by atoms with E-state index in [4.69, 9.17) is 5.26 Å². The molecule has 0 radical (unpaired) electrons. The fraction of sp³-hybridized carbons (Fsp3) is 0.250. The van der Waals surface area contributed by atoms with Gasteiger partial charge >= 0.3 is 5.69 Å². The highest BCUT2D eigenvalue weighted by Gasteiger charge is 2.30. The molecular weight excluding hydrogens is 396 g/mol. The van der Waals surface area contributed by atoms with E-state index in [-0.39, 0.29) is 36.8 Å². The quantitative estimate of drug-likeness (QED) is 0.556. The van der Waals surface area contributed by atoms with Crippen molar-refractivity contribution in [3.05, 3.63) is 57.8 Å². The molecule has 0 saturated carbocycles. The Morgan fingerprint density at radius 3 is 2.36 bits per heavy atom. The summed E-state index contributed by atoms with van der Waals surface area (Å²) in [5.74, 6) is -2.08. The van der Waals surface area contributed by atoms with Gasteiger partial charge in [-0.3, -0.25) is 10.1 Å². The van der Waals surface area contributed by atoms with E-state index in [2.05, 4.69) is 4.98 Å². The standard InChI is InChI=1S/C16H13F2N5O4S/c17-12-2-1-11(9-13(12)18)28(26,27)22-7-5-21(6-8-22)16-4-3-15(23(24)25)14(10-19)20-16/h1-4,9H,5-8H2. The summed E-state index contributed by atoms with van der Waals surface area (Å²) in [6.07, 6.45) is 0. The predicted octanol–water partition coefficient (Wildman–Crippen LogP) is 1.65. The lowest BCUT2D eigenvalue weighted by atomic mass is 10.3. The summed E-state index contributed by atoms with van der Waals surface area (Å²) in [6.45, 7) is 0.501. The summed E-state index contributed by atoms with van der Waals surface area (Å²) < 4.78 is 52.7. The topological polar surface area (TPSA) is 120 Å². The summed E-state index contributed by atoms with van der Waals surface area (Å²) >= 11 is 0. The zero-order valence-corrected chi connectivity index (χ0v) is 15.1. The fourth-order valence-electron chi connectivity index (χ4n) is 2.79. The minimum Gasteiger partial charge on any atom is -0.354 e. The lowest BCUT2D eigenvalue weighted by Crippen LogP contribution is -2.49. The Hall–Kier alpha value is -3.17. The highest BCUT2D eigenvalue weighted by atomic mass is 32.2. The van der Waals surface area contributed by atoms with Gasteiger partial charge in [0.25, 0.3) is 0 Å². The normalized spacial score (nSPS) is 15.2. The van der Waals surface area contributed by atoms with E-state index >= 15 is 0 Å². The van der Waals surface area contributed by atoms with Crippen LogP contribution in [0.2, 0.25) is 0 Å². The first kappa shape index (κ1) is 19.6. The molecule has 0 aliphatic carbocycles. The maximum absolute atomic E-state index is 13.4. The molecular formula is C16H13F2N5O4S. The van der Waals surface area contributed by atoms with Gasteiger partial charge in [-0.25, -0.2) is 22.2 Å². The van der Waals surface area contributed by atoms with Crippen molar-refractivity contribution in [2.75, 3.05) is 31.1 Å². The van der Waals surface area contributed by atoms with E-state index in [1.807, 2.05) is 0 Å². The van der Waals surface area contributed by atoms with Gasteiger partial charge in [0, 0.05) is 32.2 Å². The van der Waals surface area contributed by atoms with Crippen LogP contribution in [0.25, 0.3) is 0 Å². The second kappa shape index (κ2) is 7.45. The largest absolute Gasteiger partial charge is 0.354 e. The summed E-state index contributed by atoms with van der Waals surface area (Å²) in [5.41, 5.74) is -0.745. The van der Waals surface area contributed by atoms with Crippen molar-refractivity contribution in [3.63, 3.8) is 0 Å². The van der Waals surface area contributed by atoms with E-state index in [1.165, 1.54) is 12.1 Å². The van der Waals surface area contributed by atoms with Gasteiger partial charge in [-0.05, 0) is 24.3 Å². The zero-order valence-electron chi connectivity index (χ0n) is 14.2. The van der Waals surface area contributed by atoms with E-state index in [9.17, 15) is 27.3 Å². The van der Waals surface area contributed by atoms with Gasteiger partial charge in [0.15, 0.2) is 11.6 Å². The lowest BCUT2D eigenvalue weighted by Gasteiger charge is -2.34. The van der Waals surface area contributed by atoms with Crippen molar-refractivity contribution in [1.82, 2.24) is 9.29 Å². The average Bonchev–Trinajstić information content (AvgIpc) is 2.69. The number of anilines is 1. The Labute approximate surface area is 158 Å². The van der Waals surface area contributed by atoms with Gasteiger partial charge in [0.1, 0.15) is 11.9 Å². The molecule has 9 nitrogen and oxygen atoms in total. The summed E-state index contributed by atoms with van der Waals surface area (Å²) in [4.78, 5) is 15.5. The van der Waals surface area contributed by atoms with Crippen LogP contribution < -0.4 is 4.90 Å². The predicted molar refractivity (Wildman–Crippen MR) is 92.9 cm³/mol. The van der Waals surface area contributed by atoms with E-state index in [0.717, 1.165) is 16.4 Å². The van der Waals surface area contributed by atoms with Crippen molar-refractivity contribution < 1.29 is 22.1 Å². The van der Waals surface area contributed by atoms with Gasteiger partial charge in [0.05, 0.1) is 9.82 Å². The molecule has 1 aliphatic heterocycles. The van der Waals surface area contributed by atoms with Gasteiger partial charge in [-0.15, -0.1) is 0 Å². The third kappa shape index (κ3) is 3.62.